The van der Waals surface area contributed by atoms with Crippen molar-refractivity contribution in [3.05, 3.63) is 47.6 Å². The van der Waals surface area contributed by atoms with Crippen LogP contribution in [0.25, 0.3) is 0 Å². The number of ether oxygens (including phenoxy) is 6. The second-order valence-electron chi connectivity index (χ2n) is 21.3. The molecule has 4 aliphatic rings. The van der Waals surface area contributed by atoms with Gasteiger partial charge in [-0.3, -0.25) is 23.7 Å². The molecule has 18 heteroatoms. The number of hydrogen-bond donors (Lipinski definition) is 2. The van der Waals surface area contributed by atoms with Crippen LogP contribution in [0.5, 0.6) is 0 Å². The van der Waals surface area contributed by atoms with Gasteiger partial charge < -0.3 is 52.6 Å². The van der Waals surface area contributed by atoms with E-state index in [9.17, 15) is 38.8 Å². The van der Waals surface area contributed by atoms with Crippen LogP contribution in [0.4, 0.5) is 0 Å². The van der Waals surface area contributed by atoms with E-state index < -0.39 is 103 Å². The molecule has 2 bridgehead atoms. The molecule has 3 unspecified atom stereocenters. The number of carbonyl (C=O) groups excluding carboxylic acids is 5. The molecule has 0 aromatic rings. The van der Waals surface area contributed by atoms with Crippen molar-refractivity contribution in [3.8, 4) is 0 Å². The molecule has 1 saturated carbocycles. The predicted octanol–water partition coefficient (Wildman–Crippen LogP) is 7.69. The van der Waals surface area contributed by atoms with Gasteiger partial charge in [-0.1, -0.05) is 71.1 Å². The number of rotatable bonds is 12. The Morgan fingerprint density at radius 3 is 2.25 bits per heavy atom. The molecule has 3 fully saturated rings. The first-order valence-electron chi connectivity index (χ1n) is 26.4. The Morgan fingerprint density at radius 2 is 1.58 bits per heavy atom. The summed E-state index contributed by atoms with van der Waals surface area (Å²) in [6, 6.07) is -1.18. The van der Waals surface area contributed by atoms with E-state index in [4.69, 9.17) is 37.5 Å². The number of aliphatic hydroxyl groups excluding tert-OH is 1. The number of amides is 1. The number of methoxy groups -OCH3 is 4. The summed E-state index contributed by atoms with van der Waals surface area (Å²) in [6.07, 6.45) is 10.6. The number of esters is 1. The summed E-state index contributed by atoms with van der Waals surface area (Å²) in [6.45, 7) is 14.5. The number of allylic oxidation sites excluding steroid dienone is 6. The fraction of sp³-hybridized carbons (Fsp3) is 0.764. The minimum Gasteiger partial charge on any atom is -0.460 e. The minimum absolute atomic E-state index is 0.00279. The van der Waals surface area contributed by atoms with Crippen molar-refractivity contribution in [1.82, 2.24) is 4.90 Å². The van der Waals surface area contributed by atoms with Crippen LogP contribution < -0.4 is 0 Å². The van der Waals surface area contributed by atoms with Gasteiger partial charge in [-0.15, -0.1) is 0 Å². The van der Waals surface area contributed by atoms with Gasteiger partial charge in [-0.2, -0.15) is 0 Å². The average Bonchev–Trinajstić information content (AvgIpc) is 3.35. The molecule has 1 aliphatic carbocycles. The lowest BCUT2D eigenvalue weighted by Gasteiger charge is -2.42. The second kappa shape index (κ2) is 29.3. The SMILES string of the molecule is COCCOP(C)(=O)O[C@@H]1CC[C@@H](C[C@@H](C)[C@@H]2CC(=O)[C@H](C)/C=C(\C)[C@@H](O)[C@@H](OC)C(=O)[C@H](C)C[C@H](C)/C=C/C=C/C=C(\C)[C@@H](OC)CC3CC[C@@H](C)[C@@](O)(O3)C(=O)C(=O)N3CCCCC3C(=O)O2)C[C@H]1OC. The molecule has 0 radical (unpaired) electrons. The van der Waals surface area contributed by atoms with Crippen molar-refractivity contribution in [1.29, 1.82) is 0 Å². The van der Waals surface area contributed by atoms with Gasteiger partial charge in [-0.25, -0.2) is 4.79 Å². The quantitative estimate of drug-likeness (QED) is 0.0629. The Morgan fingerprint density at radius 1 is 0.849 bits per heavy atom. The van der Waals surface area contributed by atoms with Gasteiger partial charge in [0.2, 0.25) is 5.79 Å². The lowest BCUT2D eigenvalue weighted by molar-refractivity contribution is -0.265. The van der Waals surface area contributed by atoms with E-state index in [2.05, 4.69) is 0 Å². The third-order valence-corrected chi connectivity index (χ3v) is 16.7. The van der Waals surface area contributed by atoms with Crippen LogP contribution in [-0.2, 0) is 66.0 Å². The number of carbonyl (C=O) groups is 5. The molecule has 2 saturated heterocycles. The summed E-state index contributed by atoms with van der Waals surface area (Å²) in [5.41, 5.74) is 1.24. The van der Waals surface area contributed by atoms with Crippen LogP contribution in [-0.4, -0.2) is 154 Å². The number of piperidine rings is 1. The van der Waals surface area contributed by atoms with E-state index in [1.54, 1.807) is 41.1 Å². The topological polar surface area (TPSA) is 220 Å². The first-order valence-corrected chi connectivity index (χ1v) is 28.4. The van der Waals surface area contributed by atoms with Crippen molar-refractivity contribution < 1.29 is 76.2 Å². The Bertz CT molecular complexity index is 2020. The number of hydrogen-bond acceptors (Lipinski definition) is 16. The molecular weight excluding hydrogens is 962 g/mol. The van der Waals surface area contributed by atoms with Crippen molar-refractivity contribution in [3.63, 3.8) is 0 Å². The van der Waals surface area contributed by atoms with Crippen molar-refractivity contribution in [2.75, 3.05) is 54.9 Å². The maximum Gasteiger partial charge on any atom is 0.329 e. The Labute approximate surface area is 434 Å². The Hall–Kier alpha value is -3.22. The van der Waals surface area contributed by atoms with Gasteiger partial charge in [0, 0.05) is 72.2 Å². The van der Waals surface area contributed by atoms with Crippen molar-refractivity contribution in [2.45, 2.75) is 180 Å². The first kappa shape index (κ1) is 62.3. The molecule has 17 nitrogen and oxygen atoms in total. The largest absolute Gasteiger partial charge is 0.460 e. The summed E-state index contributed by atoms with van der Waals surface area (Å²) in [5.74, 6) is -8.35. The Kier molecular flexibility index (Phi) is 25.0. The van der Waals surface area contributed by atoms with E-state index >= 15 is 0 Å². The fourth-order valence-corrected chi connectivity index (χ4v) is 12.0. The van der Waals surface area contributed by atoms with Gasteiger partial charge in [0.25, 0.3) is 11.7 Å². The van der Waals surface area contributed by atoms with Gasteiger partial charge in [0.05, 0.1) is 37.6 Å². The van der Waals surface area contributed by atoms with Crippen LogP contribution in [0, 0.1) is 35.5 Å². The number of ketones is 3. The summed E-state index contributed by atoms with van der Waals surface area (Å²) in [5, 5.41) is 23.5. The third kappa shape index (κ3) is 17.7. The summed E-state index contributed by atoms with van der Waals surface area (Å²) in [4.78, 5) is 72.5. The van der Waals surface area contributed by atoms with E-state index in [-0.39, 0.29) is 56.0 Å². The van der Waals surface area contributed by atoms with Crippen LogP contribution >= 0.6 is 7.60 Å². The molecule has 2 N–H and O–H groups in total. The lowest BCUT2D eigenvalue weighted by atomic mass is 9.78. The summed E-state index contributed by atoms with van der Waals surface area (Å²) < 4.78 is 59.5. The molecule has 3 aliphatic heterocycles. The zero-order valence-corrected chi connectivity index (χ0v) is 46.6. The van der Waals surface area contributed by atoms with Crippen LogP contribution in [0.2, 0.25) is 0 Å². The van der Waals surface area contributed by atoms with Gasteiger partial charge in [0.1, 0.15) is 30.1 Å². The predicted molar refractivity (Wildman–Crippen MR) is 275 cm³/mol. The van der Waals surface area contributed by atoms with Gasteiger partial charge >= 0.3 is 13.6 Å². The van der Waals surface area contributed by atoms with Gasteiger partial charge in [0.15, 0.2) is 5.78 Å². The highest BCUT2D eigenvalue weighted by atomic mass is 31.2. The van der Waals surface area contributed by atoms with Crippen molar-refractivity contribution >= 4 is 36.8 Å². The number of aliphatic hydroxyl groups is 2. The molecule has 0 spiro atoms. The fourth-order valence-electron chi connectivity index (χ4n) is 10.8. The van der Waals surface area contributed by atoms with Crippen molar-refractivity contribution in [2.24, 2.45) is 35.5 Å². The summed E-state index contributed by atoms with van der Waals surface area (Å²) in [7, 11) is 2.60. The highest BCUT2D eigenvalue weighted by Crippen LogP contribution is 2.48. The third-order valence-electron chi connectivity index (χ3n) is 15.4. The van der Waals surface area contributed by atoms with E-state index in [1.807, 2.05) is 58.1 Å². The Balaban J connectivity index is 1.68. The number of nitrogens with zero attached hydrogens (tertiary/aromatic N) is 1. The molecule has 4 rings (SSSR count). The zero-order chi connectivity index (χ0) is 54.2. The molecule has 0 aromatic carbocycles. The van der Waals surface area contributed by atoms with Gasteiger partial charge in [-0.05, 0) is 107 Å². The summed E-state index contributed by atoms with van der Waals surface area (Å²) >= 11 is 0. The van der Waals surface area contributed by atoms with Crippen LogP contribution in [0.15, 0.2) is 47.6 Å². The molecule has 414 valence electrons. The molecular formula is C55H88NO16P. The zero-order valence-electron chi connectivity index (χ0n) is 45.7. The van der Waals surface area contributed by atoms with Crippen LogP contribution in [0.1, 0.15) is 126 Å². The smallest absolute Gasteiger partial charge is 0.329 e. The average molecular weight is 1050 g/mol. The molecule has 73 heavy (non-hydrogen) atoms. The highest BCUT2D eigenvalue weighted by Gasteiger charge is 2.53. The second-order valence-corrected chi connectivity index (χ2v) is 23.3. The van der Waals surface area contributed by atoms with E-state index in [0.717, 1.165) is 5.57 Å². The maximum atomic E-state index is 14.6. The molecule has 3 heterocycles. The molecule has 0 aromatic heterocycles. The number of Topliss-reactive ketones (excluding diaryl/α,β-unsaturated/α-hetero) is 3. The maximum absolute atomic E-state index is 14.6. The normalized spacial score (nSPS) is 38.2. The van der Waals surface area contributed by atoms with Crippen LogP contribution in [0.3, 0.4) is 0 Å². The molecule has 16 atom stereocenters. The number of cyclic esters (lactones) is 1. The van der Waals surface area contributed by atoms with E-state index in [1.165, 1.54) is 25.8 Å². The first-order chi connectivity index (χ1) is 34.5. The standard InChI is InChI=1S/C55H88NO16P/c1-34-18-14-13-15-19-35(2)46(66-9)32-42-23-21-40(7)55(63,71-42)52(60)53(61)56-25-17-16-20-43(56)54(62)70-47(33-44(57)36(3)29-39(6)50(59)51(68-11)49(58)38(5)28-34)37(4)30-41-22-24-45(48(31-41)67-10)72-73(12,64)69-27-26-65-8/h13-15,18-19,29,34,36-38,40-43,45-48,50-51,59,63H,16-17,20-28,30-33H2,1-12H3/b15-13+,18-14+,35-19+,39-29+/t34-,36-,37-,38-,40-,41+,42?,43?,45-,46+,47+,48-,50-,51+,55-,73?/m1/s1. The highest BCUT2D eigenvalue weighted by molar-refractivity contribution is 7.53. The minimum atomic E-state index is -3.43. The number of fused-ring (bicyclic) bond motifs is 3. The lowest BCUT2D eigenvalue weighted by Crippen LogP contribution is -2.61. The van der Waals surface area contributed by atoms with E-state index in [0.29, 0.717) is 69.8 Å². The monoisotopic (exact) mass is 1050 g/mol. The molecule has 1 amide bonds.